The monoisotopic (exact) mass is 553 g/mol. The molecule has 0 spiro atoms. The molecule has 1 atom stereocenters. The molecule has 40 heavy (non-hydrogen) atoms. The Hall–Kier alpha value is -3.50. The van der Waals surface area contributed by atoms with Gasteiger partial charge >= 0.3 is 5.97 Å². The van der Waals surface area contributed by atoms with Gasteiger partial charge in [0, 0.05) is 12.0 Å². The van der Waals surface area contributed by atoms with Gasteiger partial charge in [-0.25, -0.2) is 0 Å². The van der Waals surface area contributed by atoms with E-state index in [1.165, 1.54) is 0 Å². The molecule has 3 aromatic rings. The maximum Gasteiger partial charge on any atom is 0.305 e. The van der Waals surface area contributed by atoms with Gasteiger partial charge in [0.25, 0.3) is 0 Å². The number of benzene rings is 3. The van der Waals surface area contributed by atoms with Crippen molar-refractivity contribution in [1.82, 2.24) is 5.32 Å². The third-order valence-corrected chi connectivity index (χ3v) is 6.11. The first-order valence-corrected chi connectivity index (χ1v) is 13.6. The number of aliphatic carboxylic acids is 1. The van der Waals surface area contributed by atoms with E-state index in [-0.39, 0.29) is 6.42 Å². The van der Waals surface area contributed by atoms with Crippen LogP contribution in [0.5, 0.6) is 5.75 Å². The van der Waals surface area contributed by atoms with Crippen LogP contribution in [0.4, 0.5) is 0 Å². The normalized spacial score (nSPS) is 11.8. The second-order valence-corrected chi connectivity index (χ2v) is 9.01. The zero-order valence-corrected chi connectivity index (χ0v) is 23.0. The third kappa shape index (κ3) is 10.2. The van der Waals surface area contributed by atoms with Gasteiger partial charge in [-0.05, 0) is 34.6 Å². The van der Waals surface area contributed by atoms with Crippen LogP contribution in [0.25, 0.3) is 21.9 Å². The largest absolute Gasteiger partial charge is 0.491 e. The van der Waals surface area contributed by atoms with Crippen LogP contribution in [0.1, 0.15) is 31.4 Å². The summed E-state index contributed by atoms with van der Waals surface area (Å²) >= 11 is 0. The lowest BCUT2D eigenvalue weighted by atomic mass is 9.95. The number of ether oxygens (including phenoxy) is 5. The molecular formula is C31H39NO8. The molecule has 216 valence electrons. The highest BCUT2D eigenvalue weighted by Crippen LogP contribution is 2.35. The van der Waals surface area contributed by atoms with Crippen molar-refractivity contribution >= 4 is 23.2 Å². The maximum absolute atomic E-state index is 11.2. The van der Waals surface area contributed by atoms with Crippen molar-refractivity contribution in [2.45, 2.75) is 25.8 Å². The Balaban J connectivity index is 1.46. The van der Waals surface area contributed by atoms with Gasteiger partial charge < -0.3 is 34.1 Å². The standard InChI is InChI=1S/C31H39NO8/c1-2-13-36-14-15-37-16-17-38-18-19-39-20-21-40-30-12-11-26(27-5-3-4-6-28(27)30)24-7-9-25(10-8-24)29(32-23-33)22-31(34)35/h3-12,23,29H,2,13-22H2,1H3,(H,32,33)(H,34,35)/t29-/m0/s1. The predicted molar refractivity (Wildman–Crippen MR) is 153 cm³/mol. The summed E-state index contributed by atoms with van der Waals surface area (Å²) in [6.45, 7) is 6.91. The molecule has 0 aromatic heterocycles. The minimum Gasteiger partial charge on any atom is -0.491 e. The second kappa shape index (κ2) is 18.0. The van der Waals surface area contributed by atoms with E-state index in [2.05, 4.69) is 12.2 Å². The van der Waals surface area contributed by atoms with Crippen LogP contribution in [0.3, 0.4) is 0 Å². The molecule has 0 radical (unpaired) electrons. The number of amides is 1. The zero-order chi connectivity index (χ0) is 28.4. The van der Waals surface area contributed by atoms with Gasteiger partial charge in [-0.3, -0.25) is 9.59 Å². The van der Waals surface area contributed by atoms with E-state index in [1.807, 2.05) is 60.7 Å². The van der Waals surface area contributed by atoms with Gasteiger partial charge in [0.15, 0.2) is 0 Å². The molecule has 0 saturated carbocycles. The van der Waals surface area contributed by atoms with Gasteiger partial charge in [-0.15, -0.1) is 0 Å². The molecular weight excluding hydrogens is 514 g/mol. The van der Waals surface area contributed by atoms with Crippen molar-refractivity contribution in [3.8, 4) is 16.9 Å². The summed E-state index contributed by atoms with van der Waals surface area (Å²) in [4.78, 5) is 22.1. The van der Waals surface area contributed by atoms with Crippen LogP contribution >= 0.6 is 0 Å². The molecule has 0 aliphatic heterocycles. The molecule has 9 heteroatoms. The van der Waals surface area contributed by atoms with Crippen LogP contribution < -0.4 is 10.1 Å². The number of nitrogens with one attached hydrogen (secondary N) is 1. The first-order valence-electron chi connectivity index (χ1n) is 13.6. The lowest BCUT2D eigenvalue weighted by molar-refractivity contribution is -0.137. The molecule has 0 fully saturated rings. The summed E-state index contributed by atoms with van der Waals surface area (Å²) in [6, 6.07) is 18.9. The summed E-state index contributed by atoms with van der Waals surface area (Å²) in [7, 11) is 0. The molecule has 3 aromatic carbocycles. The van der Waals surface area contributed by atoms with Crippen molar-refractivity contribution in [2.24, 2.45) is 0 Å². The van der Waals surface area contributed by atoms with Crippen LogP contribution in [0.2, 0.25) is 0 Å². The maximum atomic E-state index is 11.2. The van der Waals surface area contributed by atoms with E-state index in [0.29, 0.717) is 59.3 Å². The van der Waals surface area contributed by atoms with Crippen LogP contribution in [-0.4, -0.2) is 76.9 Å². The summed E-state index contributed by atoms with van der Waals surface area (Å²) in [6.07, 6.45) is 1.35. The van der Waals surface area contributed by atoms with Crippen molar-refractivity contribution in [2.75, 3.05) is 59.5 Å². The molecule has 2 N–H and O–H groups in total. The Labute approximate surface area is 235 Å². The van der Waals surface area contributed by atoms with Crippen LogP contribution in [-0.2, 0) is 28.5 Å². The molecule has 0 heterocycles. The van der Waals surface area contributed by atoms with E-state index in [1.54, 1.807) is 0 Å². The Morgan fingerprint density at radius 2 is 1.35 bits per heavy atom. The van der Waals surface area contributed by atoms with E-state index in [0.717, 1.165) is 46.2 Å². The highest BCUT2D eigenvalue weighted by molar-refractivity contribution is 6.00. The first-order chi connectivity index (χ1) is 19.6. The van der Waals surface area contributed by atoms with E-state index >= 15 is 0 Å². The number of carbonyl (C=O) groups is 2. The fourth-order valence-electron chi connectivity index (χ4n) is 4.19. The fourth-order valence-corrected chi connectivity index (χ4v) is 4.19. The van der Waals surface area contributed by atoms with Gasteiger partial charge in [-0.1, -0.05) is 61.5 Å². The topological polar surface area (TPSA) is 113 Å². The molecule has 0 aliphatic carbocycles. The van der Waals surface area contributed by atoms with Crippen molar-refractivity contribution in [1.29, 1.82) is 0 Å². The molecule has 0 aliphatic rings. The number of fused-ring (bicyclic) bond motifs is 1. The minimum atomic E-state index is -0.978. The number of hydrogen-bond acceptors (Lipinski definition) is 7. The number of rotatable bonds is 21. The second-order valence-electron chi connectivity index (χ2n) is 9.01. The zero-order valence-electron chi connectivity index (χ0n) is 23.0. The van der Waals surface area contributed by atoms with Crippen LogP contribution in [0, 0.1) is 0 Å². The van der Waals surface area contributed by atoms with Gasteiger partial charge in [0.2, 0.25) is 6.41 Å². The quantitative estimate of drug-likeness (QED) is 0.145. The van der Waals surface area contributed by atoms with Crippen molar-refractivity contribution < 1.29 is 38.4 Å². The van der Waals surface area contributed by atoms with Gasteiger partial charge in [0.05, 0.1) is 58.7 Å². The van der Waals surface area contributed by atoms with E-state index < -0.39 is 12.0 Å². The van der Waals surface area contributed by atoms with Gasteiger partial charge in [-0.2, -0.15) is 0 Å². The number of carboxylic acid groups (broad SMARTS) is 1. The highest BCUT2D eigenvalue weighted by atomic mass is 16.6. The summed E-state index contributed by atoms with van der Waals surface area (Å²) in [5.74, 6) is -0.207. The minimum absolute atomic E-state index is 0.186. The van der Waals surface area contributed by atoms with Crippen LogP contribution in [0.15, 0.2) is 60.7 Å². The molecule has 0 saturated heterocycles. The van der Waals surface area contributed by atoms with Crippen molar-refractivity contribution in [3.63, 3.8) is 0 Å². The molecule has 0 unspecified atom stereocenters. The Morgan fingerprint density at radius 1 is 0.775 bits per heavy atom. The lowest BCUT2D eigenvalue weighted by Crippen LogP contribution is -2.22. The Morgan fingerprint density at radius 3 is 1.93 bits per heavy atom. The summed E-state index contributed by atoms with van der Waals surface area (Å²) < 4.78 is 28.0. The van der Waals surface area contributed by atoms with Gasteiger partial charge in [0.1, 0.15) is 12.4 Å². The molecule has 9 nitrogen and oxygen atoms in total. The predicted octanol–water partition coefficient (Wildman–Crippen LogP) is 4.62. The number of carboxylic acids is 1. The highest BCUT2D eigenvalue weighted by Gasteiger charge is 2.15. The lowest BCUT2D eigenvalue weighted by Gasteiger charge is -2.16. The molecule has 1 amide bonds. The number of hydrogen-bond donors (Lipinski definition) is 2. The smallest absolute Gasteiger partial charge is 0.305 e. The van der Waals surface area contributed by atoms with E-state index in [4.69, 9.17) is 28.8 Å². The third-order valence-electron chi connectivity index (χ3n) is 6.11. The van der Waals surface area contributed by atoms with Crippen molar-refractivity contribution in [3.05, 3.63) is 66.2 Å². The molecule has 0 bridgehead atoms. The SMILES string of the molecule is CCCOCCOCCOCCOCCOc1ccc(-c2ccc([C@H](CC(=O)O)NC=O)cc2)c2ccccc12. The Bertz CT molecular complexity index is 1170. The number of carbonyl (C=O) groups excluding carboxylic acids is 1. The summed E-state index contributed by atoms with van der Waals surface area (Å²) in [5.41, 5.74) is 2.73. The fraction of sp³-hybridized carbons (Fsp3) is 0.419. The average molecular weight is 554 g/mol. The van der Waals surface area contributed by atoms with E-state index in [9.17, 15) is 9.59 Å². The summed E-state index contributed by atoms with van der Waals surface area (Å²) in [5, 5.41) is 13.7. The first kappa shape index (κ1) is 31.0. The Kier molecular flexibility index (Phi) is 13.9. The average Bonchev–Trinajstić information content (AvgIpc) is 2.97. The molecule has 3 rings (SSSR count).